The van der Waals surface area contributed by atoms with E-state index in [1.54, 1.807) is 6.20 Å². The first-order chi connectivity index (χ1) is 9.45. The lowest BCUT2D eigenvalue weighted by molar-refractivity contribution is -0.190. The minimum absolute atomic E-state index is 0.0947. The third-order valence-corrected chi connectivity index (χ3v) is 4.65. The standard InChI is InChI=1S/C15H19F3N2/c16-15(17,18)14(5-6-14)7-12(8-19)11-3-4-13(20-9-11)10-1-2-10/h3-4,9-10,12H,1-2,5-8,19H2/t12-/m0/s1. The van der Waals surface area contributed by atoms with Gasteiger partial charge in [0.25, 0.3) is 0 Å². The number of nitrogens with zero attached hydrogens (tertiary/aromatic N) is 1. The molecule has 0 aliphatic heterocycles. The summed E-state index contributed by atoms with van der Waals surface area (Å²) in [5, 5.41) is 0. The lowest BCUT2D eigenvalue weighted by Crippen LogP contribution is -2.28. The van der Waals surface area contributed by atoms with Crippen LogP contribution < -0.4 is 5.73 Å². The minimum Gasteiger partial charge on any atom is -0.330 e. The normalized spacial score (nSPS) is 22.6. The predicted molar refractivity (Wildman–Crippen MR) is 70.3 cm³/mol. The van der Waals surface area contributed by atoms with Crippen LogP contribution in [-0.2, 0) is 0 Å². The molecule has 2 N–H and O–H groups in total. The van der Waals surface area contributed by atoms with Crippen molar-refractivity contribution in [2.24, 2.45) is 11.1 Å². The second kappa shape index (κ2) is 4.72. The summed E-state index contributed by atoms with van der Waals surface area (Å²) >= 11 is 0. The molecule has 2 saturated carbocycles. The van der Waals surface area contributed by atoms with Gasteiger partial charge >= 0.3 is 6.18 Å². The minimum atomic E-state index is -4.11. The number of nitrogens with two attached hydrogens (primary N) is 1. The first-order valence-electron chi connectivity index (χ1n) is 7.18. The van der Waals surface area contributed by atoms with Crippen LogP contribution in [0.2, 0.25) is 0 Å². The SMILES string of the molecule is NC[C@H](CC1(C(F)(F)F)CC1)c1ccc(C2CC2)nc1. The smallest absolute Gasteiger partial charge is 0.330 e. The summed E-state index contributed by atoms with van der Waals surface area (Å²) in [7, 11) is 0. The van der Waals surface area contributed by atoms with Crippen LogP contribution in [0.1, 0.15) is 55.2 Å². The Morgan fingerprint density at radius 2 is 2.00 bits per heavy atom. The maximum absolute atomic E-state index is 13.0. The van der Waals surface area contributed by atoms with Crippen molar-refractivity contribution in [2.45, 2.75) is 50.1 Å². The highest BCUT2D eigenvalue weighted by atomic mass is 19.4. The Bertz CT molecular complexity index is 473. The van der Waals surface area contributed by atoms with Gasteiger partial charge in [0, 0.05) is 17.8 Å². The fourth-order valence-corrected chi connectivity index (χ4v) is 2.84. The first-order valence-corrected chi connectivity index (χ1v) is 7.18. The number of hydrogen-bond donors (Lipinski definition) is 1. The highest BCUT2D eigenvalue weighted by Gasteiger charge is 2.63. The maximum atomic E-state index is 13.0. The Labute approximate surface area is 116 Å². The number of pyridine rings is 1. The molecule has 2 aliphatic rings. The van der Waals surface area contributed by atoms with Gasteiger partial charge in [0.15, 0.2) is 0 Å². The Hall–Kier alpha value is -1.10. The topological polar surface area (TPSA) is 38.9 Å². The number of hydrogen-bond acceptors (Lipinski definition) is 2. The number of aromatic nitrogens is 1. The molecule has 0 radical (unpaired) electrons. The van der Waals surface area contributed by atoms with E-state index in [-0.39, 0.29) is 31.7 Å². The van der Waals surface area contributed by atoms with Crippen molar-refractivity contribution in [2.75, 3.05) is 6.54 Å². The van der Waals surface area contributed by atoms with Gasteiger partial charge in [0.1, 0.15) is 0 Å². The Kier molecular flexibility index (Phi) is 3.27. The lowest BCUT2D eigenvalue weighted by Gasteiger charge is -2.24. The molecule has 2 aliphatic carbocycles. The molecule has 5 heteroatoms. The van der Waals surface area contributed by atoms with Crippen LogP contribution in [0, 0.1) is 5.41 Å². The average molecular weight is 284 g/mol. The third-order valence-electron chi connectivity index (χ3n) is 4.65. The van der Waals surface area contributed by atoms with E-state index in [1.165, 1.54) is 12.8 Å². The second-order valence-corrected chi connectivity index (χ2v) is 6.21. The zero-order valence-electron chi connectivity index (χ0n) is 11.3. The monoisotopic (exact) mass is 284 g/mol. The average Bonchev–Trinajstić information content (AvgIpc) is 3.27. The molecule has 1 heterocycles. The van der Waals surface area contributed by atoms with E-state index in [4.69, 9.17) is 5.73 Å². The fourth-order valence-electron chi connectivity index (χ4n) is 2.84. The van der Waals surface area contributed by atoms with Crippen LogP contribution in [0.5, 0.6) is 0 Å². The summed E-state index contributed by atoms with van der Waals surface area (Å²) in [6.45, 7) is 0.238. The van der Waals surface area contributed by atoms with E-state index in [1.807, 2.05) is 12.1 Å². The van der Waals surface area contributed by atoms with E-state index in [0.717, 1.165) is 11.3 Å². The molecular weight excluding hydrogens is 265 g/mol. The van der Waals surface area contributed by atoms with Crippen molar-refractivity contribution in [3.63, 3.8) is 0 Å². The van der Waals surface area contributed by atoms with Gasteiger partial charge in [0.2, 0.25) is 0 Å². The molecule has 0 aromatic carbocycles. The number of halogens is 3. The largest absolute Gasteiger partial charge is 0.394 e. The van der Waals surface area contributed by atoms with Crippen molar-refractivity contribution >= 4 is 0 Å². The van der Waals surface area contributed by atoms with Gasteiger partial charge < -0.3 is 5.73 Å². The summed E-state index contributed by atoms with van der Waals surface area (Å²) in [4.78, 5) is 4.39. The van der Waals surface area contributed by atoms with E-state index in [0.29, 0.717) is 5.92 Å². The Balaban J connectivity index is 1.73. The van der Waals surface area contributed by atoms with E-state index < -0.39 is 11.6 Å². The van der Waals surface area contributed by atoms with Crippen LogP contribution in [0.15, 0.2) is 18.3 Å². The van der Waals surface area contributed by atoms with Crippen molar-refractivity contribution in [1.29, 1.82) is 0 Å². The lowest BCUT2D eigenvalue weighted by atomic mass is 9.87. The maximum Gasteiger partial charge on any atom is 0.394 e. The molecule has 1 aromatic rings. The van der Waals surface area contributed by atoms with Crippen LogP contribution >= 0.6 is 0 Å². The van der Waals surface area contributed by atoms with Crippen LogP contribution in [0.25, 0.3) is 0 Å². The molecule has 0 amide bonds. The van der Waals surface area contributed by atoms with Gasteiger partial charge in [-0.25, -0.2) is 0 Å². The van der Waals surface area contributed by atoms with Crippen molar-refractivity contribution < 1.29 is 13.2 Å². The molecule has 1 aromatic heterocycles. The van der Waals surface area contributed by atoms with E-state index in [2.05, 4.69) is 4.98 Å². The molecule has 2 fully saturated rings. The highest BCUT2D eigenvalue weighted by Crippen LogP contribution is 2.62. The molecule has 110 valence electrons. The van der Waals surface area contributed by atoms with Crippen molar-refractivity contribution in [3.8, 4) is 0 Å². The molecule has 0 unspecified atom stereocenters. The Morgan fingerprint density at radius 3 is 2.40 bits per heavy atom. The number of rotatable bonds is 5. The zero-order chi connectivity index (χ0) is 14.4. The highest BCUT2D eigenvalue weighted by molar-refractivity contribution is 5.24. The van der Waals surface area contributed by atoms with Gasteiger partial charge in [-0.1, -0.05) is 6.07 Å². The first kappa shape index (κ1) is 13.9. The fraction of sp³-hybridized carbons (Fsp3) is 0.667. The van der Waals surface area contributed by atoms with Gasteiger partial charge in [-0.15, -0.1) is 0 Å². The van der Waals surface area contributed by atoms with Gasteiger partial charge in [0.05, 0.1) is 5.41 Å². The molecule has 3 rings (SSSR count). The van der Waals surface area contributed by atoms with Crippen LogP contribution in [0.4, 0.5) is 13.2 Å². The molecule has 2 nitrogen and oxygen atoms in total. The quantitative estimate of drug-likeness (QED) is 0.894. The van der Waals surface area contributed by atoms with Crippen LogP contribution in [0.3, 0.4) is 0 Å². The van der Waals surface area contributed by atoms with Gasteiger partial charge in [-0.05, 0) is 56.2 Å². The third kappa shape index (κ3) is 2.55. The molecular formula is C15H19F3N2. The molecule has 0 bridgehead atoms. The summed E-state index contributed by atoms with van der Waals surface area (Å²) in [5.74, 6) is 0.310. The predicted octanol–water partition coefficient (Wildman–Crippen LogP) is 3.73. The second-order valence-electron chi connectivity index (χ2n) is 6.21. The molecule has 0 spiro atoms. The summed E-state index contributed by atoms with van der Waals surface area (Å²) < 4.78 is 39.1. The molecule has 1 atom stereocenters. The Morgan fingerprint density at radius 1 is 1.30 bits per heavy atom. The molecule has 20 heavy (non-hydrogen) atoms. The number of alkyl halides is 3. The van der Waals surface area contributed by atoms with Crippen molar-refractivity contribution in [3.05, 3.63) is 29.6 Å². The zero-order valence-corrected chi connectivity index (χ0v) is 11.3. The van der Waals surface area contributed by atoms with E-state index >= 15 is 0 Å². The molecule has 0 saturated heterocycles. The van der Waals surface area contributed by atoms with Crippen LogP contribution in [-0.4, -0.2) is 17.7 Å². The summed E-state index contributed by atoms with van der Waals surface area (Å²) in [5.41, 5.74) is 6.10. The van der Waals surface area contributed by atoms with Crippen molar-refractivity contribution in [1.82, 2.24) is 4.98 Å². The van der Waals surface area contributed by atoms with E-state index in [9.17, 15) is 13.2 Å². The van der Waals surface area contributed by atoms with Gasteiger partial charge in [-0.2, -0.15) is 13.2 Å². The van der Waals surface area contributed by atoms with Gasteiger partial charge in [-0.3, -0.25) is 4.98 Å². The summed E-state index contributed by atoms with van der Waals surface area (Å²) in [6.07, 6.45) is 0.520. The summed E-state index contributed by atoms with van der Waals surface area (Å²) in [6, 6.07) is 3.85.